The van der Waals surface area contributed by atoms with Gasteiger partial charge in [0.2, 0.25) is 0 Å². The molecule has 6 N–H and O–H groups in total. The Morgan fingerprint density at radius 3 is 2.33 bits per heavy atom. The quantitative estimate of drug-likeness (QED) is 0.358. The predicted molar refractivity (Wildman–Crippen MR) is 34.7 cm³/mol. The lowest BCUT2D eigenvalue weighted by Crippen LogP contribution is -2.38. The summed E-state index contributed by atoms with van der Waals surface area (Å²) in [6, 6.07) is -0.389. The molecule has 2 atom stereocenters. The van der Waals surface area contributed by atoms with Gasteiger partial charge in [-0.2, -0.15) is 0 Å². The van der Waals surface area contributed by atoms with Gasteiger partial charge in [0.15, 0.2) is 0 Å². The molecule has 0 aromatic heterocycles. The molecule has 4 heteroatoms. The first-order valence-corrected chi connectivity index (χ1v) is 2.97. The predicted octanol–water partition coefficient (Wildman–Crippen LogP) is -1.98. The highest BCUT2D eigenvalue weighted by molar-refractivity contribution is 4.70. The summed E-state index contributed by atoms with van der Waals surface area (Å²) in [6.07, 6.45) is -0.282. The van der Waals surface area contributed by atoms with Crippen LogP contribution in [0.25, 0.3) is 0 Å². The van der Waals surface area contributed by atoms with Crippen molar-refractivity contribution in [3.63, 3.8) is 0 Å². The molecule has 0 bridgehead atoms. The Labute approximate surface area is 54.5 Å². The standard InChI is InChI=1S/C5H14N2O2/c6-2-1-4(7)5(9)3-8/h4-5,8-9H,1-3,6-7H2. The molecule has 0 amide bonds. The van der Waals surface area contributed by atoms with Gasteiger partial charge < -0.3 is 21.7 Å². The molecule has 0 saturated heterocycles. The van der Waals surface area contributed by atoms with E-state index in [4.69, 9.17) is 21.7 Å². The lowest BCUT2D eigenvalue weighted by molar-refractivity contribution is 0.0725. The van der Waals surface area contributed by atoms with Gasteiger partial charge in [0.1, 0.15) is 0 Å². The minimum Gasteiger partial charge on any atom is -0.394 e. The highest BCUT2D eigenvalue weighted by atomic mass is 16.3. The van der Waals surface area contributed by atoms with Crippen LogP contribution in [0.1, 0.15) is 6.42 Å². The smallest absolute Gasteiger partial charge is 0.0921 e. The van der Waals surface area contributed by atoms with Crippen LogP contribution in [0.5, 0.6) is 0 Å². The van der Waals surface area contributed by atoms with Crippen LogP contribution in [0.4, 0.5) is 0 Å². The first kappa shape index (κ1) is 8.84. The van der Waals surface area contributed by atoms with E-state index in [0.717, 1.165) is 0 Å². The average Bonchev–Trinajstić information content (AvgIpc) is 1.87. The fourth-order valence-electron chi connectivity index (χ4n) is 0.520. The fourth-order valence-corrected chi connectivity index (χ4v) is 0.520. The molecule has 9 heavy (non-hydrogen) atoms. The summed E-state index contributed by atoms with van der Waals surface area (Å²) in [7, 11) is 0. The Bertz CT molecular complexity index is 70.0. The van der Waals surface area contributed by atoms with E-state index in [0.29, 0.717) is 13.0 Å². The molecule has 0 fully saturated rings. The van der Waals surface area contributed by atoms with Crippen LogP contribution in [0, 0.1) is 0 Å². The highest BCUT2D eigenvalue weighted by Gasteiger charge is 2.11. The molecule has 0 radical (unpaired) electrons. The van der Waals surface area contributed by atoms with Crippen molar-refractivity contribution in [3.05, 3.63) is 0 Å². The molecule has 0 saturated carbocycles. The molecule has 4 nitrogen and oxygen atoms in total. The van der Waals surface area contributed by atoms with Gasteiger partial charge in [0, 0.05) is 6.04 Å². The second kappa shape index (κ2) is 4.69. The first-order chi connectivity index (χ1) is 4.22. The molecule has 0 aromatic carbocycles. The largest absolute Gasteiger partial charge is 0.394 e. The third-order valence-electron chi connectivity index (χ3n) is 1.18. The highest BCUT2D eigenvalue weighted by Crippen LogP contribution is 1.92. The molecular weight excluding hydrogens is 120 g/mol. The Kier molecular flexibility index (Phi) is 4.61. The van der Waals surface area contributed by atoms with Gasteiger partial charge in [-0.3, -0.25) is 0 Å². The molecule has 0 spiro atoms. The zero-order valence-corrected chi connectivity index (χ0v) is 5.33. The summed E-state index contributed by atoms with van der Waals surface area (Å²) in [5.74, 6) is 0. The number of aliphatic hydroxyl groups is 2. The SMILES string of the molecule is NCCC(N)C(O)CO. The number of aliphatic hydroxyl groups excluding tert-OH is 2. The van der Waals surface area contributed by atoms with Gasteiger partial charge in [0.05, 0.1) is 12.7 Å². The summed E-state index contributed by atoms with van der Waals surface area (Å²) < 4.78 is 0. The van der Waals surface area contributed by atoms with Crippen LogP contribution >= 0.6 is 0 Å². The average molecular weight is 134 g/mol. The molecule has 2 unspecified atom stereocenters. The molecule has 0 aliphatic carbocycles. The van der Waals surface area contributed by atoms with Gasteiger partial charge in [-0.15, -0.1) is 0 Å². The number of hydrogen-bond acceptors (Lipinski definition) is 4. The van der Waals surface area contributed by atoms with Gasteiger partial charge in [-0.1, -0.05) is 0 Å². The summed E-state index contributed by atoms with van der Waals surface area (Å²) >= 11 is 0. The van der Waals surface area contributed by atoms with Crippen molar-refractivity contribution in [2.75, 3.05) is 13.2 Å². The second-order valence-corrected chi connectivity index (χ2v) is 1.99. The van der Waals surface area contributed by atoms with E-state index < -0.39 is 6.10 Å². The van der Waals surface area contributed by atoms with Crippen molar-refractivity contribution in [3.8, 4) is 0 Å². The van der Waals surface area contributed by atoms with E-state index in [2.05, 4.69) is 0 Å². The maximum absolute atomic E-state index is 8.83. The zero-order chi connectivity index (χ0) is 7.28. The van der Waals surface area contributed by atoms with Crippen LogP contribution < -0.4 is 11.5 Å². The van der Waals surface area contributed by atoms with Crippen LogP contribution in [-0.2, 0) is 0 Å². The van der Waals surface area contributed by atoms with E-state index in [1.165, 1.54) is 0 Å². The number of hydrogen-bond donors (Lipinski definition) is 4. The van der Waals surface area contributed by atoms with E-state index >= 15 is 0 Å². The van der Waals surface area contributed by atoms with Crippen molar-refractivity contribution >= 4 is 0 Å². The zero-order valence-electron chi connectivity index (χ0n) is 5.33. The summed E-state index contributed by atoms with van der Waals surface area (Å²) in [5.41, 5.74) is 10.5. The lowest BCUT2D eigenvalue weighted by Gasteiger charge is -2.14. The molecule has 0 heterocycles. The van der Waals surface area contributed by atoms with E-state index in [-0.39, 0.29) is 12.6 Å². The Morgan fingerprint density at radius 1 is 1.44 bits per heavy atom. The van der Waals surface area contributed by atoms with Gasteiger partial charge >= 0.3 is 0 Å². The molecule has 0 aliphatic rings. The van der Waals surface area contributed by atoms with Crippen molar-refractivity contribution in [1.29, 1.82) is 0 Å². The maximum Gasteiger partial charge on any atom is 0.0921 e. The normalized spacial score (nSPS) is 17.3. The second-order valence-electron chi connectivity index (χ2n) is 1.99. The molecule has 0 rings (SSSR count). The summed E-state index contributed by atoms with van der Waals surface area (Å²) in [5, 5.41) is 17.2. The van der Waals surface area contributed by atoms with Crippen molar-refractivity contribution in [1.82, 2.24) is 0 Å². The van der Waals surface area contributed by atoms with Crippen molar-refractivity contribution in [2.45, 2.75) is 18.6 Å². The molecule has 0 aromatic rings. The van der Waals surface area contributed by atoms with E-state index in [1.54, 1.807) is 0 Å². The minimum atomic E-state index is -0.825. The topological polar surface area (TPSA) is 92.5 Å². The van der Waals surface area contributed by atoms with Gasteiger partial charge in [0.25, 0.3) is 0 Å². The van der Waals surface area contributed by atoms with E-state index in [1.807, 2.05) is 0 Å². The molecular formula is C5H14N2O2. The molecule has 56 valence electrons. The van der Waals surface area contributed by atoms with Gasteiger partial charge in [-0.05, 0) is 13.0 Å². The third-order valence-corrected chi connectivity index (χ3v) is 1.18. The Balaban J connectivity index is 3.32. The molecule has 0 aliphatic heterocycles. The number of rotatable bonds is 4. The Hall–Kier alpha value is -0.160. The number of nitrogens with two attached hydrogens (primary N) is 2. The summed E-state index contributed by atoms with van der Waals surface area (Å²) in [4.78, 5) is 0. The van der Waals surface area contributed by atoms with Gasteiger partial charge in [-0.25, -0.2) is 0 Å². The van der Waals surface area contributed by atoms with Crippen molar-refractivity contribution in [2.24, 2.45) is 11.5 Å². The monoisotopic (exact) mass is 134 g/mol. The van der Waals surface area contributed by atoms with Crippen LogP contribution in [-0.4, -0.2) is 35.5 Å². The van der Waals surface area contributed by atoms with Crippen molar-refractivity contribution < 1.29 is 10.2 Å². The minimum absolute atomic E-state index is 0.291. The lowest BCUT2D eigenvalue weighted by atomic mass is 10.1. The van der Waals surface area contributed by atoms with Crippen LogP contribution in [0.2, 0.25) is 0 Å². The first-order valence-electron chi connectivity index (χ1n) is 2.97. The van der Waals surface area contributed by atoms with Crippen LogP contribution in [0.15, 0.2) is 0 Å². The maximum atomic E-state index is 8.83. The van der Waals surface area contributed by atoms with E-state index in [9.17, 15) is 0 Å². The summed E-state index contributed by atoms with van der Waals surface area (Å²) in [6.45, 7) is 0.152. The van der Waals surface area contributed by atoms with Crippen LogP contribution in [0.3, 0.4) is 0 Å². The Morgan fingerprint density at radius 2 is 2.00 bits per heavy atom. The third kappa shape index (κ3) is 3.42. The fraction of sp³-hybridized carbons (Fsp3) is 1.00.